The van der Waals surface area contributed by atoms with E-state index in [1.54, 1.807) is 4.90 Å². The molecule has 1 aliphatic carbocycles. The summed E-state index contributed by atoms with van der Waals surface area (Å²) in [5.41, 5.74) is 6.79. The Morgan fingerprint density at radius 3 is 2.51 bits per heavy atom. The molecule has 1 aromatic rings. The Bertz CT molecular complexity index is 1080. The van der Waals surface area contributed by atoms with E-state index in [0.29, 0.717) is 12.8 Å². The Kier molecular flexibility index (Phi) is 8.66. The Balaban J connectivity index is 1.55. The first-order valence-electron chi connectivity index (χ1n) is 14.0. The van der Waals surface area contributed by atoms with Crippen molar-refractivity contribution in [3.63, 3.8) is 0 Å². The average Bonchev–Trinajstić information content (AvgIpc) is 3.49. The number of oxime groups is 1. The molecule has 2 heterocycles. The first-order valence-corrected chi connectivity index (χ1v) is 14.0. The molecule has 39 heavy (non-hydrogen) atoms. The van der Waals surface area contributed by atoms with E-state index in [1.165, 1.54) is 7.11 Å². The summed E-state index contributed by atoms with van der Waals surface area (Å²) in [6, 6.07) is 7.74. The lowest BCUT2D eigenvalue weighted by atomic mass is 9.86. The smallest absolute Gasteiger partial charge is 0.251 e. The highest BCUT2D eigenvalue weighted by Gasteiger charge is 2.55. The van der Waals surface area contributed by atoms with Crippen LogP contribution >= 0.6 is 0 Å². The zero-order chi connectivity index (χ0) is 28.4. The molecule has 2 fully saturated rings. The van der Waals surface area contributed by atoms with Crippen LogP contribution in [0.2, 0.25) is 0 Å². The van der Waals surface area contributed by atoms with Gasteiger partial charge in [-0.1, -0.05) is 69.6 Å². The summed E-state index contributed by atoms with van der Waals surface area (Å²) in [5, 5.41) is 10.4. The van der Waals surface area contributed by atoms with E-state index >= 15 is 0 Å². The van der Waals surface area contributed by atoms with E-state index in [2.05, 4.69) is 15.8 Å². The number of rotatable bonds is 10. The summed E-state index contributed by atoms with van der Waals surface area (Å²) in [7, 11) is 1.48. The zero-order valence-electron chi connectivity index (χ0n) is 23.7. The highest BCUT2D eigenvalue weighted by Crippen LogP contribution is 2.39. The number of nitrogens with zero attached hydrogens (tertiary/aromatic N) is 2. The van der Waals surface area contributed by atoms with Crippen molar-refractivity contribution in [2.24, 2.45) is 16.3 Å². The molecule has 4 rings (SSSR count). The molecule has 0 bridgehead atoms. The van der Waals surface area contributed by atoms with E-state index in [4.69, 9.17) is 15.3 Å². The summed E-state index contributed by atoms with van der Waals surface area (Å²) in [4.78, 5) is 48.0. The van der Waals surface area contributed by atoms with Gasteiger partial charge >= 0.3 is 0 Å². The fraction of sp³-hybridized carbons (Fsp3) is 0.655. The van der Waals surface area contributed by atoms with Crippen LogP contribution in [-0.4, -0.2) is 77.9 Å². The van der Waals surface area contributed by atoms with Gasteiger partial charge in [-0.3, -0.25) is 14.4 Å². The second kappa shape index (κ2) is 11.6. The number of hydrogen-bond donors (Lipinski definition) is 3. The number of ether oxygens (including phenoxy) is 1. The highest BCUT2D eigenvalue weighted by molar-refractivity contribution is 6.02. The predicted octanol–water partition coefficient (Wildman–Crippen LogP) is 2.10. The molecule has 3 amide bonds. The minimum absolute atomic E-state index is 0.174. The van der Waals surface area contributed by atoms with Crippen LogP contribution in [0.1, 0.15) is 71.8 Å². The Hall–Kier alpha value is -2.98. The largest absolute Gasteiger partial charge is 0.387 e. The van der Waals surface area contributed by atoms with Crippen molar-refractivity contribution in [3.05, 3.63) is 35.9 Å². The summed E-state index contributed by atoms with van der Waals surface area (Å²) < 4.78 is 5.56. The number of likely N-dealkylation sites (tertiary alicyclic amines) is 1. The summed E-state index contributed by atoms with van der Waals surface area (Å²) in [5.74, 6) is -0.889. The normalized spacial score (nSPS) is 25.0. The van der Waals surface area contributed by atoms with Gasteiger partial charge in [-0.2, -0.15) is 0 Å². The van der Waals surface area contributed by atoms with E-state index < -0.39 is 35.2 Å². The van der Waals surface area contributed by atoms with Crippen LogP contribution in [0.3, 0.4) is 0 Å². The fourth-order valence-electron chi connectivity index (χ4n) is 5.32. The predicted molar refractivity (Wildman–Crippen MR) is 148 cm³/mol. The van der Waals surface area contributed by atoms with Gasteiger partial charge in [0.25, 0.3) is 5.91 Å². The number of nitrogens with two attached hydrogens (primary N) is 1. The molecule has 10 nitrogen and oxygen atoms in total. The molecule has 10 heteroatoms. The lowest BCUT2D eigenvalue weighted by Crippen LogP contribution is -2.58. The Morgan fingerprint density at radius 1 is 1.23 bits per heavy atom. The fourth-order valence-corrected chi connectivity index (χ4v) is 5.32. The first-order chi connectivity index (χ1) is 18.5. The van der Waals surface area contributed by atoms with Gasteiger partial charge in [0.15, 0.2) is 11.7 Å². The topological polar surface area (TPSA) is 135 Å². The quantitative estimate of drug-likeness (QED) is 0.415. The highest BCUT2D eigenvalue weighted by atomic mass is 16.7. The van der Waals surface area contributed by atoms with Gasteiger partial charge in [0.1, 0.15) is 6.04 Å². The number of methoxy groups -OCH3 is 1. The number of amides is 3. The van der Waals surface area contributed by atoms with Gasteiger partial charge < -0.3 is 30.8 Å². The van der Waals surface area contributed by atoms with Crippen LogP contribution in [0.15, 0.2) is 35.5 Å². The van der Waals surface area contributed by atoms with Crippen molar-refractivity contribution in [2.75, 3.05) is 13.7 Å². The zero-order valence-corrected chi connectivity index (χ0v) is 23.7. The monoisotopic (exact) mass is 541 g/mol. The van der Waals surface area contributed by atoms with Crippen molar-refractivity contribution in [3.8, 4) is 0 Å². The molecule has 1 saturated carbocycles. The summed E-state index contributed by atoms with van der Waals surface area (Å²) in [6.45, 7) is 7.89. The minimum atomic E-state index is -0.832. The maximum Gasteiger partial charge on any atom is 0.251 e. The van der Waals surface area contributed by atoms with Crippen LogP contribution in [0, 0.1) is 5.41 Å². The van der Waals surface area contributed by atoms with Crippen molar-refractivity contribution in [1.29, 1.82) is 0 Å². The van der Waals surface area contributed by atoms with Crippen LogP contribution in [-0.2, 0) is 24.0 Å². The molecule has 1 aromatic carbocycles. The van der Waals surface area contributed by atoms with Crippen LogP contribution in [0.25, 0.3) is 0 Å². The lowest BCUT2D eigenvalue weighted by Gasteiger charge is -2.33. The van der Waals surface area contributed by atoms with Gasteiger partial charge in [0.05, 0.1) is 24.3 Å². The van der Waals surface area contributed by atoms with Gasteiger partial charge in [0, 0.05) is 26.0 Å². The number of carbonyl (C=O) groups is 3. The maximum atomic E-state index is 13.9. The first kappa shape index (κ1) is 29.0. The van der Waals surface area contributed by atoms with Crippen molar-refractivity contribution in [1.82, 2.24) is 15.5 Å². The average molecular weight is 542 g/mol. The SMILES string of the molecule is CCC[C@H](NC(=O)[C@@H]1C[C@]2(CC(c3ccccc3)=NO2)CN1C(=O)[C@@H](N)C(C)(C)C)C(OC)C(=O)NC1CC1. The maximum absolute atomic E-state index is 13.9. The molecule has 0 aromatic heterocycles. The third-order valence-corrected chi connectivity index (χ3v) is 7.86. The summed E-state index contributed by atoms with van der Waals surface area (Å²) >= 11 is 0. The van der Waals surface area contributed by atoms with Gasteiger partial charge in [-0.25, -0.2) is 0 Å². The third kappa shape index (κ3) is 6.61. The van der Waals surface area contributed by atoms with E-state index in [9.17, 15) is 14.4 Å². The van der Waals surface area contributed by atoms with Crippen LogP contribution < -0.4 is 16.4 Å². The number of benzene rings is 1. The second-order valence-electron chi connectivity index (χ2n) is 12.2. The van der Waals surface area contributed by atoms with Gasteiger partial charge in [0.2, 0.25) is 11.8 Å². The van der Waals surface area contributed by atoms with Crippen molar-refractivity contribution < 1.29 is 24.0 Å². The van der Waals surface area contributed by atoms with Gasteiger partial charge in [-0.15, -0.1) is 0 Å². The number of nitrogens with one attached hydrogen (secondary N) is 2. The van der Waals surface area contributed by atoms with Crippen LogP contribution in [0.4, 0.5) is 0 Å². The Morgan fingerprint density at radius 2 is 1.92 bits per heavy atom. The van der Waals surface area contributed by atoms with E-state index in [0.717, 1.165) is 30.5 Å². The molecule has 2 aliphatic heterocycles. The Labute approximate surface area is 231 Å². The molecule has 214 valence electrons. The summed E-state index contributed by atoms with van der Waals surface area (Å²) in [6.07, 6.45) is 3.11. The number of hydrogen-bond acceptors (Lipinski definition) is 7. The minimum Gasteiger partial charge on any atom is -0.387 e. The molecular formula is C29H43N5O5. The van der Waals surface area contributed by atoms with Crippen molar-refractivity contribution in [2.45, 2.75) is 102 Å². The molecule has 3 aliphatic rings. The molecular weight excluding hydrogens is 498 g/mol. The third-order valence-electron chi connectivity index (χ3n) is 7.86. The molecule has 1 unspecified atom stereocenters. The number of carbonyl (C=O) groups excluding carboxylic acids is 3. The molecule has 1 saturated heterocycles. The second-order valence-corrected chi connectivity index (χ2v) is 12.2. The lowest BCUT2D eigenvalue weighted by molar-refractivity contribution is -0.143. The standard InChI is InChI=1S/C29H43N5O5/c1-6-10-20(23(38-5)26(36)31-19-13-14-19)32-25(35)22-16-29(17-34(22)27(37)24(30)28(2,3)4)15-21(33-39-29)18-11-8-7-9-12-18/h7-9,11-12,19-20,22-24H,6,10,13-17,30H2,1-5H3,(H,31,36)(H,32,35)/t20-,22-,23?,24+,29+/m0/s1. The molecule has 5 atom stereocenters. The van der Waals surface area contributed by atoms with E-state index in [1.807, 2.05) is 58.0 Å². The molecule has 0 radical (unpaired) electrons. The molecule has 1 spiro atoms. The van der Waals surface area contributed by atoms with Crippen molar-refractivity contribution >= 4 is 23.4 Å². The van der Waals surface area contributed by atoms with Crippen LogP contribution in [0.5, 0.6) is 0 Å². The molecule has 4 N–H and O–H groups in total. The van der Waals surface area contributed by atoms with Gasteiger partial charge in [-0.05, 0) is 30.2 Å². The van der Waals surface area contributed by atoms with E-state index in [-0.39, 0.29) is 36.7 Å².